The minimum Gasteiger partial charge on any atom is -0.481 e. The summed E-state index contributed by atoms with van der Waals surface area (Å²) < 4.78 is 0.677. The summed E-state index contributed by atoms with van der Waals surface area (Å²) >= 11 is 3.20. The summed E-state index contributed by atoms with van der Waals surface area (Å²) in [6.07, 6.45) is 1.52. The Hall–Kier alpha value is -1.43. The third-order valence-electron chi connectivity index (χ3n) is 3.37. The number of aromatic nitrogens is 1. The van der Waals surface area contributed by atoms with Crippen LogP contribution in [0, 0.1) is 17.3 Å². The second-order valence-electron chi connectivity index (χ2n) is 4.97. The maximum absolute atomic E-state index is 12.0. The molecule has 2 rings (SSSR count). The molecular formula is C12H13BrN2O3. The van der Waals surface area contributed by atoms with Crippen LogP contribution in [0.15, 0.2) is 22.9 Å². The van der Waals surface area contributed by atoms with Crippen molar-refractivity contribution in [2.45, 2.75) is 13.8 Å². The van der Waals surface area contributed by atoms with Gasteiger partial charge < -0.3 is 10.4 Å². The predicted molar refractivity (Wildman–Crippen MR) is 69.0 cm³/mol. The number of hydrogen-bond acceptors (Lipinski definition) is 3. The fourth-order valence-electron chi connectivity index (χ4n) is 2.26. The highest BCUT2D eigenvalue weighted by Gasteiger charge is 2.65. The quantitative estimate of drug-likeness (QED) is 0.838. The number of nitrogens with zero attached hydrogens (tertiary/aromatic N) is 1. The topological polar surface area (TPSA) is 79.3 Å². The highest BCUT2D eigenvalue weighted by atomic mass is 79.9. The Balaban J connectivity index is 2.06. The molecule has 1 amide bonds. The van der Waals surface area contributed by atoms with E-state index in [2.05, 4.69) is 26.2 Å². The van der Waals surface area contributed by atoms with Gasteiger partial charge in [0.25, 0.3) is 0 Å². The summed E-state index contributed by atoms with van der Waals surface area (Å²) in [6.45, 7) is 3.58. The maximum Gasteiger partial charge on any atom is 0.307 e. The number of halogens is 1. The molecule has 1 heterocycles. The summed E-state index contributed by atoms with van der Waals surface area (Å²) in [5.74, 6) is -2.29. The summed E-state index contributed by atoms with van der Waals surface area (Å²) in [5, 5.41) is 11.7. The monoisotopic (exact) mass is 312 g/mol. The molecule has 6 heteroatoms. The molecule has 0 saturated heterocycles. The molecule has 5 nitrogen and oxygen atoms in total. The van der Waals surface area contributed by atoms with Crippen LogP contribution in [0.3, 0.4) is 0 Å². The number of carbonyl (C=O) groups excluding carboxylic acids is 1. The zero-order valence-electron chi connectivity index (χ0n) is 9.98. The first-order valence-electron chi connectivity index (χ1n) is 5.49. The number of amides is 1. The number of hydrogen-bond donors (Lipinski definition) is 2. The minimum atomic E-state index is -0.922. The van der Waals surface area contributed by atoms with Crippen LogP contribution < -0.4 is 5.32 Å². The molecule has 1 aromatic rings. The largest absolute Gasteiger partial charge is 0.481 e. The number of carboxylic acid groups (broad SMARTS) is 1. The Morgan fingerprint density at radius 2 is 2.06 bits per heavy atom. The molecule has 2 N–H and O–H groups in total. The maximum atomic E-state index is 12.0. The number of carbonyl (C=O) groups is 2. The average Bonchev–Trinajstić information content (AvgIpc) is 2.85. The van der Waals surface area contributed by atoms with E-state index >= 15 is 0 Å². The summed E-state index contributed by atoms with van der Waals surface area (Å²) in [5.41, 5.74) is 0.0775. The molecule has 0 unspecified atom stereocenters. The lowest BCUT2D eigenvalue weighted by atomic mass is 10.1. The summed E-state index contributed by atoms with van der Waals surface area (Å²) in [7, 11) is 0. The number of anilines is 1. The van der Waals surface area contributed by atoms with Crippen molar-refractivity contribution >= 4 is 33.5 Å². The molecule has 1 fully saturated rings. The van der Waals surface area contributed by atoms with Crippen molar-refractivity contribution in [2.24, 2.45) is 17.3 Å². The molecule has 1 aliphatic carbocycles. The van der Waals surface area contributed by atoms with Crippen LogP contribution in [0.1, 0.15) is 13.8 Å². The zero-order chi connectivity index (χ0) is 13.5. The van der Waals surface area contributed by atoms with Crippen molar-refractivity contribution in [3.8, 4) is 0 Å². The van der Waals surface area contributed by atoms with Crippen LogP contribution in [0.5, 0.6) is 0 Å². The number of aliphatic carboxylic acids is 1. The SMILES string of the molecule is CC1(C)[C@H](C(=O)O)[C@@H]1C(=O)Nc1ccc(Br)nc1. The first-order valence-corrected chi connectivity index (χ1v) is 6.28. The lowest BCUT2D eigenvalue weighted by molar-refractivity contribution is -0.140. The van der Waals surface area contributed by atoms with Gasteiger partial charge in [-0.25, -0.2) is 4.98 Å². The molecular weight excluding hydrogens is 300 g/mol. The Morgan fingerprint density at radius 3 is 2.50 bits per heavy atom. The molecule has 1 aromatic heterocycles. The van der Waals surface area contributed by atoms with Crippen LogP contribution in [-0.4, -0.2) is 22.0 Å². The third-order valence-corrected chi connectivity index (χ3v) is 3.84. The van der Waals surface area contributed by atoms with Gasteiger partial charge in [0, 0.05) is 0 Å². The highest BCUT2D eigenvalue weighted by molar-refractivity contribution is 9.10. The van der Waals surface area contributed by atoms with E-state index in [9.17, 15) is 9.59 Å². The Morgan fingerprint density at radius 1 is 1.39 bits per heavy atom. The van der Waals surface area contributed by atoms with Crippen molar-refractivity contribution in [2.75, 3.05) is 5.32 Å². The highest BCUT2D eigenvalue weighted by Crippen LogP contribution is 2.58. The Bertz CT molecular complexity index is 499. The summed E-state index contributed by atoms with van der Waals surface area (Å²) in [6, 6.07) is 3.42. The average molecular weight is 313 g/mol. The second kappa shape index (κ2) is 4.35. The number of pyridine rings is 1. The van der Waals surface area contributed by atoms with Crippen molar-refractivity contribution in [3.63, 3.8) is 0 Å². The van der Waals surface area contributed by atoms with Crippen molar-refractivity contribution < 1.29 is 14.7 Å². The second-order valence-corrected chi connectivity index (χ2v) is 5.79. The van der Waals surface area contributed by atoms with Gasteiger partial charge in [0.2, 0.25) is 5.91 Å². The van der Waals surface area contributed by atoms with Crippen LogP contribution in [0.4, 0.5) is 5.69 Å². The van der Waals surface area contributed by atoms with Crippen molar-refractivity contribution in [3.05, 3.63) is 22.9 Å². The Labute approximate surface area is 113 Å². The van der Waals surface area contributed by atoms with E-state index in [0.29, 0.717) is 10.3 Å². The van der Waals surface area contributed by atoms with E-state index in [0.717, 1.165) is 0 Å². The third kappa shape index (κ3) is 2.25. The molecule has 2 atom stereocenters. The van der Waals surface area contributed by atoms with Gasteiger partial charge in [-0.2, -0.15) is 0 Å². The van der Waals surface area contributed by atoms with Gasteiger partial charge >= 0.3 is 5.97 Å². The van der Waals surface area contributed by atoms with E-state index in [1.165, 1.54) is 6.20 Å². The van der Waals surface area contributed by atoms with E-state index in [1.54, 1.807) is 26.0 Å². The lowest BCUT2D eigenvalue weighted by Crippen LogP contribution is -2.17. The number of carboxylic acids is 1. The van der Waals surface area contributed by atoms with Gasteiger partial charge in [-0.15, -0.1) is 0 Å². The smallest absolute Gasteiger partial charge is 0.307 e. The molecule has 1 aliphatic rings. The molecule has 18 heavy (non-hydrogen) atoms. The van der Waals surface area contributed by atoms with Crippen molar-refractivity contribution in [1.82, 2.24) is 4.98 Å². The molecule has 96 valence electrons. The first-order chi connectivity index (χ1) is 8.34. The normalized spacial score (nSPS) is 24.4. The molecule has 1 saturated carbocycles. The van der Waals surface area contributed by atoms with E-state index in [4.69, 9.17) is 5.11 Å². The van der Waals surface area contributed by atoms with E-state index in [1.807, 2.05) is 0 Å². The number of rotatable bonds is 3. The van der Waals surface area contributed by atoms with Crippen molar-refractivity contribution in [1.29, 1.82) is 0 Å². The lowest BCUT2D eigenvalue weighted by Gasteiger charge is -2.05. The zero-order valence-corrected chi connectivity index (χ0v) is 11.6. The van der Waals surface area contributed by atoms with Gasteiger partial charge in [0.15, 0.2) is 0 Å². The van der Waals surface area contributed by atoms with Gasteiger partial charge in [-0.3, -0.25) is 9.59 Å². The van der Waals surface area contributed by atoms with E-state index < -0.39 is 23.2 Å². The molecule has 0 aliphatic heterocycles. The van der Waals surface area contributed by atoms with Crippen LogP contribution in [0.2, 0.25) is 0 Å². The number of nitrogens with one attached hydrogen (secondary N) is 1. The van der Waals surface area contributed by atoms with Gasteiger partial charge in [0.05, 0.1) is 23.7 Å². The van der Waals surface area contributed by atoms with Gasteiger partial charge in [-0.05, 0) is 33.5 Å². The predicted octanol–water partition coefficient (Wildman–Crippen LogP) is 2.14. The minimum absolute atomic E-state index is 0.267. The molecule has 0 bridgehead atoms. The molecule has 0 aromatic carbocycles. The fourth-order valence-corrected chi connectivity index (χ4v) is 2.49. The van der Waals surface area contributed by atoms with Crippen LogP contribution >= 0.6 is 15.9 Å². The van der Waals surface area contributed by atoms with Crippen LogP contribution in [0.25, 0.3) is 0 Å². The fraction of sp³-hybridized carbons (Fsp3) is 0.417. The van der Waals surface area contributed by atoms with Gasteiger partial charge in [0.1, 0.15) is 4.60 Å². The summed E-state index contributed by atoms with van der Waals surface area (Å²) in [4.78, 5) is 27.0. The molecule has 0 spiro atoms. The first kappa shape index (κ1) is 13.0. The Kier molecular flexibility index (Phi) is 3.14. The standard InChI is InChI=1S/C12H13BrN2O3/c1-12(2)8(9(12)11(17)18)10(16)15-6-3-4-7(13)14-5-6/h3-5,8-9H,1-2H3,(H,15,16)(H,17,18)/t8-,9+/m1/s1. The van der Waals surface area contributed by atoms with Crippen LogP contribution in [-0.2, 0) is 9.59 Å². The molecule has 0 radical (unpaired) electrons. The van der Waals surface area contributed by atoms with Gasteiger partial charge in [-0.1, -0.05) is 13.8 Å². The van der Waals surface area contributed by atoms with E-state index in [-0.39, 0.29) is 5.91 Å².